The van der Waals surface area contributed by atoms with Gasteiger partial charge in [0, 0.05) is 23.1 Å². The third-order valence-corrected chi connectivity index (χ3v) is 2.39. The number of aromatic hydroxyl groups is 2. The van der Waals surface area contributed by atoms with Crippen LogP contribution in [-0.4, -0.2) is 16.4 Å². The first-order valence-corrected chi connectivity index (χ1v) is 5.20. The van der Waals surface area contributed by atoms with Crippen LogP contribution in [0.2, 0.25) is 0 Å². The molecule has 0 aromatic heterocycles. The average Bonchev–Trinajstić information content (AvgIpc) is 2.32. The predicted octanol–water partition coefficient (Wildman–Crippen LogP) is 3.36. The van der Waals surface area contributed by atoms with Crippen molar-refractivity contribution in [2.75, 3.05) is 0 Å². The summed E-state index contributed by atoms with van der Waals surface area (Å²) < 4.78 is 0. The molecule has 0 heterocycles. The largest absolute Gasteiger partial charge is 0.507 e. The van der Waals surface area contributed by atoms with Gasteiger partial charge >= 0.3 is 0 Å². The zero-order chi connectivity index (χ0) is 11.5. The molecule has 0 amide bonds. The van der Waals surface area contributed by atoms with Crippen LogP contribution in [0.3, 0.4) is 0 Å². The minimum atomic E-state index is 0.109. The van der Waals surface area contributed by atoms with Gasteiger partial charge < -0.3 is 10.2 Å². The molecule has 0 aliphatic heterocycles. The van der Waals surface area contributed by atoms with Gasteiger partial charge in [-0.1, -0.05) is 31.2 Å². The maximum atomic E-state index is 9.98. The number of hydrogen-bond donors (Lipinski definition) is 2. The van der Waals surface area contributed by atoms with E-state index in [4.69, 9.17) is 0 Å². The summed E-state index contributed by atoms with van der Waals surface area (Å²) in [5, 5.41) is 21.0. The standard InChI is InChI=1S/C13H13NO2/c1-2-7-14-11-8-12(15)9-5-3-4-6-10(9)13(11)16/h3-8,15-16H,2H2,1H3. The van der Waals surface area contributed by atoms with Crippen molar-refractivity contribution in [3.63, 3.8) is 0 Å². The highest BCUT2D eigenvalue weighted by Gasteiger charge is 2.08. The fourth-order valence-corrected chi connectivity index (χ4v) is 1.61. The fourth-order valence-electron chi connectivity index (χ4n) is 1.61. The molecule has 0 aliphatic carbocycles. The van der Waals surface area contributed by atoms with Crippen LogP contribution in [0.5, 0.6) is 11.5 Å². The highest BCUT2D eigenvalue weighted by molar-refractivity contribution is 5.97. The average molecular weight is 215 g/mol. The predicted molar refractivity (Wildman–Crippen MR) is 65.7 cm³/mol. The number of fused-ring (bicyclic) bond motifs is 1. The van der Waals surface area contributed by atoms with Crippen LogP contribution in [-0.2, 0) is 0 Å². The normalized spacial score (nSPS) is 11.3. The van der Waals surface area contributed by atoms with Crippen molar-refractivity contribution < 1.29 is 10.2 Å². The molecule has 16 heavy (non-hydrogen) atoms. The zero-order valence-electron chi connectivity index (χ0n) is 9.01. The summed E-state index contributed by atoms with van der Waals surface area (Å²) in [7, 11) is 0. The molecule has 82 valence electrons. The number of hydrogen-bond acceptors (Lipinski definition) is 3. The molecule has 0 bridgehead atoms. The second-order valence-corrected chi connectivity index (χ2v) is 3.53. The quantitative estimate of drug-likeness (QED) is 0.596. The molecule has 0 radical (unpaired) electrons. The topological polar surface area (TPSA) is 52.8 Å². The Labute approximate surface area is 93.7 Å². The molecule has 2 aromatic carbocycles. The number of phenols is 2. The Morgan fingerprint density at radius 3 is 2.56 bits per heavy atom. The molecule has 0 unspecified atom stereocenters. The van der Waals surface area contributed by atoms with Gasteiger partial charge in [0.15, 0.2) is 0 Å². The van der Waals surface area contributed by atoms with Gasteiger partial charge in [-0.15, -0.1) is 0 Å². The van der Waals surface area contributed by atoms with Crippen LogP contribution < -0.4 is 0 Å². The van der Waals surface area contributed by atoms with E-state index in [1.807, 2.05) is 19.1 Å². The Hall–Kier alpha value is -2.03. The van der Waals surface area contributed by atoms with Crippen LogP contribution in [0.15, 0.2) is 35.3 Å². The van der Waals surface area contributed by atoms with E-state index in [2.05, 4.69) is 4.99 Å². The smallest absolute Gasteiger partial charge is 0.149 e. The van der Waals surface area contributed by atoms with Crippen LogP contribution in [0.4, 0.5) is 5.69 Å². The van der Waals surface area contributed by atoms with Crippen LogP contribution in [0.25, 0.3) is 10.8 Å². The summed E-state index contributed by atoms with van der Waals surface area (Å²) in [6.45, 7) is 1.96. The van der Waals surface area contributed by atoms with Gasteiger partial charge in [-0.05, 0) is 6.42 Å². The van der Waals surface area contributed by atoms with E-state index in [0.717, 1.165) is 6.42 Å². The first-order valence-electron chi connectivity index (χ1n) is 5.20. The van der Waals surface area contributed by atoms with Crippen molar-refractivity contribution in [3.05, 3.63) is 30.3 Å². The molecule has 0 saturated heterocycles. The van der Waals surface area contributed by atoms with Crippen LogP contribution in [0, 0.1) is 0 Å². The summed E-state index contributed by atoms with van der Waals surface area (Å²) in [6.07, 6.45) is 2.48. The lowest BCUT2D eigenvalue weighted by Crippen LogP contribution is -1.78. The summed E-state index contributed by atoms with van der Waals surface area (Å²) >= 11 is 0. The molecule has 2 aromatic rings. The van der Waals surface area contributed by atoms with Crippen LogP contribution >= 0.6 is 0 Å². The van der Waals surface area contributed by atoms with Gasteiger partial charge in [-0.3, -0.25) is 4.99 Å². The van der Waals surface area contributed by atoms with Gasteiger partial charge in [0.1, 0.15) is 17.2 Å². The lowest BCUT2D eigenvalue weighted by atomic mass is 10.1. The van der Waals surface area contributed by atoms with Crippen LogP contribution in [0.1, 0.15) is 13.3 Å². The molecule has 0 atom stereocenters. The van der Waals surface area contributed by atoms with Crippen molar-refractivity contribution >= 4 is 22.7 Å². The van der Waals surface area contributed by atoms with Gasteiger partial charge in [-0.2, -0.15) is 0 Å². The SMILES string of the molecule is CCC=Nc1cc(O)c2ccccc2c1O. The molecular weight excluding hydrogens is 202 g/mol. The van der Waals surface area contributed by atoms with Gasteiger partial charge in [0.25, 0.3) is 0 Å². The first-order chi connectivity index (χ1) is 7.74. The molecule has 3 heteroatoms. The van der Waals surface area contributed by atoms with E-state index in [9.17, 15) is 10.2 Å². The van der Waals surface area contributed by atoms with Crippen molar-refractivity contribution in [2.45, 2.75) is 13.3 Å². The second kappa shape index (κ2) is 4.23. The number of rotatable bonds is 2. The molecule has 2 rings (SSSR count). The van der Waals surface area contributed by atoms with Crippen molar-refractivity contribution in [2.24, 2.45) is 4.99 Å². The van der Waals surface area contributed by atoms with Gasteiger partial charge in [0.2, 0.25) is 0 Å². The zero-order valence-corrected chi connectivity index (χ0v) is 9.01. The lowest BCUT2D eigenvalue weighted by Gasteiger charge is -2.06. The van der Waals surface area contributed by atoms with Crippen molar-refractivity contribution in [3.8, 4) is 11.5 Å². The van der Waals surface area contributed by atoms with Gasteiger partial charge in [0.05, 0.1) is 0 Å². The van der Waals surface area contributed by atoms with E-state index in [-0.39, 0.29) is 11.5 Å². The summed E-state index contributed by atoms with van der Waals surface area (Å²) in [5.74, 6) is 0.245. The Morgan fingerprint density at radius 1 is 1.19 bits per heavy atom. The molecule has 0 fully saturated rings. The third-order valence-electron chi connectivity index (χ3n) is 2.39. The fraction of sp³-hybridized carbons (Fsp3) is 0.154. The molecule has 0 saturated carbocycles. The minimum absolute atomic E-state index is 0.109. The molecular formula is C13H13NO2. The monoisotopic (exact) mass is 215 g/mol. The number of nitrogens with zero attached hydrogens (tertiary/aromatic N) is 1. The first kappa shape index (κ1) is 10.5. The number of phenolic OH excluding ortho intramolecular Hbond substituents is 2. The van der Waals surface area contributed by atoms with Gasteiger partial charge in [-0.25, -0.2) is 0 Å². The number of benzene rings is 2. The molecule has 2 N–H and O–H groups in total. The Kier molecular flexibility index (Phi) is 2.77. The molecule has 3 nitrogen and oxygen atoms in total. The summed E-state index contributed by atoms with van der Waals surface area (Å²) in [6, 6.07) is 8.63. The van der Waals surface area contributed by atoms with E-state index in [0.29, 0.717) is 16.5 Å². The van der Waals surface area contributed by atoms with Crippen molar-refractivity contribution in [1.29, 1.82) is 0 Å². The molecule has 0 aliphatic rings. The molecule has 0 spiro atoms. The Bertz CT molecular complexity index is 547. The van der Waals surface area contributed by atoms with Crippen molar-refractivity contribution in [1.82, 2.24) is 0 Å². The number of aliphatic imine (C=N–C) groups is 1. The Morgan fingerprint density at radius 2 is 1.88 bits per heavy atom. The van der Waals surface area contributed by atoms with E-state index in [1.165, 1.54) is 6.07 Å². The second-order valence-electron chi connectivity index (χ2n) is 3.53. The third kappa shape index (κ3) is 1.72. The minimum Gasteiger partial charge on any atom is -0.507 e. The highest BCUT2D eigenvalue weighted by Crippen LogP contribution is 2.39. The van der Waals surface area contributed by atoms with E-state index < -0.39 is 0 Å². The summed E-state index contributed by atoms with van der Waals surface area (Å²) in [4.78, 5) is 4.10. The Balaban J connectivity index is 2.70. The maximum Gasteiger partial charge on any atom is 0.149 e. The lowest BCUT2D eigenvalue weighted by molar-refractivity contribution is 0.471. The van der Waals surface area contributed by atoms with E-state index >= 15 is 0 Å². The maximum absolute atomic E-state index is 9.98. The highest BCUT2D eigenvalue weighted by atomic mass is 16.3. The summed E-state index contributed by atoms with van der Waals surface area (Å²) in [5.41, 5.74) is 0.401. The van der Waals surface area contributed by atoms with E-state index in [1.54, 1.807) is 18.3 Å².